The van der Waals surface area contributed by atoms with Crippen molar-refractivity contribution in [2.75, 3.05) is 23.3 Å². The third kappa shape index (κ3) is 3.09. The summed E-state index contributed by atoms with van der Waals surface area (Å²) in [6, 6.07) is 15.9. The van der Waals surface area contributed by atoms with Crippen LogP contribution >= 0.6 is 0 Å². The normalized spacial score (nSPS) is 22.3. The average Bonchev–Trinajstić information content (AvgIpc) is 3.30. The summed E-state index contributed by atoms with van der Waals surface area (Å²) in [4.78, 5) is 41.4. The lowest BCUT2D eigenvalue weighted by molar-refractivity contribution is -0.142. The molecule has 1 N–H and O–H groups in total. The van der Waals surface area contributed by atoms with Gasteiger partial charge in [0.1, 0.15) is 6.54 Å². The molecule has 30 heavy (non-hydrogen) atoms. The van der Waals surface area contributed by atoms with Crippen molar-refractivity contribution in [2.24, 2.45) is 11.8 Å². The Morgan fingerprint density at radius 2 is 1.53 bits per heavy atom. The first-order valence-corrected chi connectivity index (χ1v) is 10.4. The van der Waals surface area contributed by atoms with Crippen molar-refractivity contribution in [3.05, 3.63) is 66.2 Å². The highest BCUT2D eigenvalue weighted by Gasteiger charge is 2.47. The van der Waals surface area contributed by atoms with Crippen LogP contribution in [0.4, 0.5) is 17.1 Å². The fraction of sp³-hybridized carbons (Fsp3) is 0.292. The van der Waals surface area contributed by atoms with E-state index < -0.39 is 0 Å². The first-order valence-electron chi connectivity index (χ1n) is 10.4. The number of anilines is 3. The second-order valence-corrected chi connectivity index (χ2v) is 8.01. The van der Waals surface area contributed by atoms with Gasteiger partial charge >= 0.3 is 0 Å². The zero-order valence-electron chi connectivity index (χ0n) is 16.6. The van der Waals surface area contributed by atoms with E-state index in [0.29, 0.717) is 18.5 Å². The lowest BCUT2D eigenvalue weighted by Gasteiger charge is -2.23. The van der Waals surface area contributed by atoms with E-state index in [9.17, 15) is 14.4 Å². The molecular weight excluding hydrogens is 378 g/mol. The highest BCUT2D eigenvalue weighted by molar-refractivity contribution is 6.09. The predicted molar refractivity (Wildman–Crippen MR) is 114 cm³/mol. The van der Waals surface area contributed by atoms with E-state index >= 15 is 0 Å². The highest BCUT2D eigenvalue weighted by atomic mass is 16.2. The Balaban J connectivity index is 1.33. The standard InChI is InChI=1S/C24H23N3O3/c28-22(15-27-23(29)17-8-2-3-9-18(17)24(27)30)25-19-10-4-6-12-21(19)26-14-13-16-7-1-5-11-20(16)26/h1-7,10-12,17-18H,8-9,13-15H2,(H,25,28)/t17-,18+. The zero-order valence-corrected chi connectivity index (χ0v) is 16.6. The molecule has 2 aromatic rings. The molecule has 2 aromatic carbocycles. The van der Waals surface area contributed by atoms with Gasteiger partial charge in [0.15, 0.2) is 0 Å². The van der Waals surface area contributed by atoms with Crippen LogP contribution in [0.2, 0.25) is 0 Å². The summed E-state index contributed by atoms with van der Waals surface area (Å²) >= 11 is 0. The van der Waals surface area contributed by atoms with Crippen molar-refractivity contribution in [3.63, 3.8) is 0 Å². The number of likely N-dealkylation sites (tertiary alicyclic amines) is 1. The summed E-state index contributed by atoms with van der Waals surface area (Å²) in [5.41, 5.74) is 4.01. The van der Waals surface area contributed by atoms with Gasteiger partial charge in [-0.2, -0.15) is 0 Å². The fourth-order valence-corrected chi connectivity index (χ4v) is 4.76. The number of fused-ring (bicyclic) bond motifs is 2. The monoisotopic (exact) mass is 401 g/mol. The van der Waals surface area contributed by atoms with Crippen LogP contribution in [0.25, 0.3) is 0 Å². The van der Waals surface area contributed by atoms with Crippen molar-refractivity contribution in [2.45, 2.75) is 19.3 Å². The number of carbonyl (C=O) groups excluding carboxylic acids is 3. The van der Waals surface area contributed by atoms with Gasteiger partial charge in [-0.3, -0.25) is 19.3 Å². The minimum absolute atomic E-state index is 0.230. The van der Waals surface area contributed by atoms with E-state index in [4.69, 9.17) is 0 Å². The van der Waals surface area contributed by atoms with Gasteiger partial charge in [-0.1, -0.05) is 42.5 Å². The lowest BCUT2D eigenvalue weighted by Crippen LogP contribution is -2.38. The molecule has 0 radical (unpaired) electrons. The quantitative estimate of drug-likeness (QED) is 0.631. The number of rotatable bonds is 4. The number of hydrogen-bond acceptors (Lipinski definition) is 4. The largest absolute Gasteiger partial charge is 0.339 e. The van der Waals surface area contributed by atoms with Gasteiger partial charge in [0.2, 0.25) is 17.7 Å². The first kappa shape index (κ1) is 18.6. The van der Waals surface area contributed by atoms with E-state index in [1.54, 1.807) is 0 Å². The van der Waals surface area contributed by atoms with E-state index in [-0.39, 0.29) is 36.1 Å². The molecule has 152 valence electrons. The third-order valence-electron chi connectivity index (χ3n) is 6.26. The van der Waals surface area contributed by atoms with Gasteiger partial charge in [0, 0.05) is 12.2 Å². The van der Waals surface area contributed by atoms with Crippen molar-refractivity contribution >= 4 is 34.8 Å². The topological polar surface area (TPSA) is 69.7 Å². The van der Waals surface area contributed by atoms with Crippen LogP contribution < -0.4 is 10.2 Å². The summed E-state index contributed by atoms with van der Waals surface area (Å²) in [5.74, 6) is -1.45. The maximum absolute atomic E-state index is 12.8. The molecule has 0 bridgehead atoms. The van der Waals surface area contributed by atoms with Gasteiger partial charge < -0.3 is 10.2 Å². The lowest BCUT2D eigenvalue weighted by atomic mass is 9.85. The summed E-state index contributed by atoms with van der Waals surface area (Å²) in [5, 5.41) is 2.93. The molecular formula is C24H23N3O3. The van der Waals surface area contributed by atoms with Crippen molar-refractivity contribution in [1.82, 2.24) is 4.90 Å². The van der Waals surface area contributed by atoms with Crippen molar-refractivity contribution in [1.29, 1.82) is 0 Å². The number of carbonyl (C=O) groups is 3. The molecule has 5 rings (SSSR count). The summed E-state index contributed by atoms with van der Waals surface area (Å²) < 4.78 is 0. The maximum atomic E-state index is 12.8. The van der Waals surface area contributed by atoms with Crippen molar-refractivity contribution in [3.8, 4) is 0 Å². The Labute approximate surface area is 175 Å². The minimum atomic E-state index is -0.358. The Bertz CT molecular complexity index is 1040. The number of nitrogens with zero attached hydrogens (tertiary/aromatic N) is 2. The SMILES string of the molecule is O=C(CN1C(=O)[C@H]2CC=CC[C@H]2C1=O)Nc1ccccc1N1CCc2ccccc21. The van der Waals surface area contributed by atoms with Gasteiger partial charge in [0.25, 0.3) is 0 Å². The zero-order chi connectivity index (χ0) is 20.7. The molecule has 3 amide bonds. The number of amides is 3. The van der Waals surface area contributed by atoms with Crippen LogP contribution in [-0.4, -0.2) is 35.7 Å². The van der Waals surface area contributed by atoms with Crippen LogP contribution in [0.15, 0.2) is 60.7 Å². The molecule has 3 aliphatic rings. The molecule has 1 fully saturated rings. The maximum Gasteiger partial charge on any atom is 0.244 e. The van der Waals surface area contributed by atoms with Gasteiger partial charge in [-0.25, -0.2) is 0 Å². The molecule has 2 aliphatic heterocycles. The highest BCUT2D eigenvalue weighted by Crippen LogP contribution is 2.38. The molecule has 0 spiro atoms. The van der Waals surface area contributed by atoms with Crippen LogP contribution in [0.1, 0.15) is 18.4 Å². The second-order valence-electron chi connectivity index (χ2n) is 8.01. The molecule has 0 aromatic heterocycles. The average molecular weight is 401 g/mol. The molecule has 0 unspecified atom stereocenters. The van der Waals surface area contributed by atoms with Gasteiger partial charge in [-0.05, 0) is 43.0 Å². The Kier molecular flexibility index (Phi) is 4.62. The van der Waals surface area contributed by atoms with Gasteiger partial charge in [0.05, 0.1) is 23.2 Å². The molecule has 1 saturated heterocycles. The summed E-state index contributed by atoms with van der Waals surface area (Å²) in [7, 11) is 0. The number of hydrogen-bond donors (Lipinski definition) is 1. The summed E-state index contributed by atoms with van der Waals surface area (Å²) in [6.45, 7) is 0.598. The molecule has 2 heterocycles. The number of benzene rings is 2. The second kappa shape index (κ2) is 7.44. The van der Waals surface area contributed by atoms with Crippen molar-refractivity contribution < 1.29 is 14.4 Å². The number of nitrogens with one attached hydrogen (secondary N) is 1. The van der Waals surface area contributed by atoms with Crippen LogP contribution in [0.3, 0.4) is 0 Å². The molecule has 0 saturated carbocycles. The van der Waals surface area contributed by atoms with Gasteiger partial charge in [-0.15, -0.1) is 0 Å². The number of imide groups is 1. The van der Waals surface area contributed by atoms with Crippen LogP contribution in [-0.2, 0) is 20.8 Å². The molecule has 2 atom stereocenters. The van der Waals surface area contributed by atoms with Crippen LogP contribution in [0.5, 0.6) is 0 Å². The van der Waals surface area contributed by atoms with E-state index in [0.717, 1.165) is 29.2 Å². The number of para-hydroxylation sites is 3. The van der Waals surface area contributed by atoms with E-state index in [2.05, 4.69) is 22.3 Å². The van der Waals surface area contributed by atoms with E-state index in [1.165, 1.54) is 5.56 Å². The minimum Gasteiger partial charge on any atom is -0.339 e. The molecule has 6 heteroatoms. The fourth-order valence-electron chi connectivity index (χ4n) is 4.76. The third-order valence-corrected chi connectivity index (χ3v) is 6.26. The Morgan fingerprint density at radius 3 is 2.27 bits per heavy atom. The van der Waals surface area contributed by atoms with Crippen LogP contribution in [0, 0.1) is 11.8 Å². The predicted octanol–water partition coefficient (Wildman–Crippen LogP) is 3.27. The Morgan fingerprint density at radius 1 is 0.900 bits per heavy atom. The molecule has 1 aliphatic carbocycles. The first-order chi connectivity index (χ1) is 14.6. The Hall–Kier alpha value is -3.41. The van der Waals surface area contributed by atoms with E-state index in [1.807, 2.05) is 48.6 Å². The summed E-state index contributed by atoms with van der Waals surface area (Å²) in [6.07, 6.45) is 5.99. The molecule has 6 nitrogen and oxygen atoms in total. The number of allylic oxidation sites excluding steroid dienone is 2. The smallest absolute Gasteiger partial charge is 0.244 e.